The van der Waals surface area contributed by atoms with Crippen LogP contribution in [0.25, 0.3) is 0 Å². The smallest absolute Gasteiger partial charge is 0.237 e. The molecule has 0 bridgehead atoms. The summed E-state index contributed by atoms with van der Waals surface area (Å²) in [5, 5.41) is 3.21. The first-order valence-corrected chi connectivity index (χ1v) is 9.78. The van der Waals surface area contributed by atoms with Crippen LogP contribution in [0, 0.1) is 5.41 Å². The Morgan fingerprint density at radius 2 is 2.00 bits per heavy atom. The number of nitrogens with two attached hydrogens (primary N) is 1. The van der Waals surface area contributed by atoms with Crippen LogP contribution < -0.4 is 11.1 Å². The molecule has 4 heteroatoms. The van der Waals surface area contributed by atoms with E-state index in [1.54, 1.807) is 0 Å². The van der Waals surface area contributed by atoms with Crippen molar-refractivity contribution in [3.63, 3.8) is 0 Å². The molecule has 1 aromatic rings. The van der Waals surface area contributed by atoms with Crippen LogP contribution in [-0.2, 0) is 17.6 Å². The first-order chi connectivity index (χ1) is 11.9. The molecule has 2 aliphatic rings. The van der Waals surface area contributed by atoms with E-state index in [0.29, 0.717) is 6.54 Å². The highest BCUT2D eigenvalue weighted by Gasteiger charge is 2.36. The minimum absolute atomic E-state index is 0.0469. The van der Waals surface area contributed by atoms with Crippen molar-refractivity contribution in [2.75, 3.05) is 19.6 Å². The van der Waals surface area contributed by atoms with Gasteiger partial charge in [0.2, 0.25) is 5.91 Å². The highest BCUT2D eigenvalue weighted by Crippen LogP contribution is 2.30. The molecule has 0 radical (unpaired) electrons. The third-order valence-corrected chi connectivity index (χ3v) is 6.24. The molecule has 3 rings (SSSR count). The average Bonchev–Trinajstić information content (AvgIpc) is 3.03. The molecule has 1 aliphatic heterocycles. The van der Waals surface area contributed by atoms with Gasteiger partial charge in [0.05, 0.1) is 12.1 Å². The number of likely N-dealkylation sites (tertiary alicyclic amines) is 1. The first-order valence-electron chi connectivity index (χ1n) is 9.78. The number of hydrogen-bond acceptors (Lipinski definition) is 3. The van der Waals surface area contributed by atoms with Crippen LogP contribution in [0.15, 0.2) is 18.2 Å². The van der Waals surface area contributed by atoms with Crippen LogP contribution in [0.3, 0.4) is 0 Å². The minimum Gasteiger partial charge on any atom is -0.348 e. The van der Waals surface area contributed by atoms with Gasteiger partial charge in [-0.25, -0.2) is 0 Å². The normalized spacial score (nSPS) is 26.1. The number of amides is 1. The van der Waals surface area contributed by atoms with E-state index in [4.69, 9.17) is 5.73 Å². The van der Waals surface area contributed by atoms with Gasteiger partial charge in [-0.2, -0.15) is 0 Å². The van der Waals surface area contributed by atoms with E-state index in [1.165, 1.54) is 42.4 Å². The number of nitrogens with zero attached hydrogens (tertiary/aromatic N) is 1. The van der Waals surface area contributed by atoms with Crippen molar-refractivity contribution in [1.82, 2.24) is 10.2 Å². The van der Waals surface area contributed by atoms with Gasteiger partial charge in [0.15, 0.2) is 0 Å². The van der Waals surface area contributed by atoms with Gasteiger partial charge < -0.3 is 11.1 Å². The van der Waals surface area contributed by atoms with Gasteiger partial charge >= 0.3 is 0 Å². The van der Waals surface area contributed by atoms with Crippen molar-refractivity contribution >= 4 is 5.91 Å². The van der Waals surface area contributed by atoms with Gasteiger partial charge in [-0.15, -0.1) is 0 Å². The number of fused-ring (bicyclic) bond motifs is 1. The van der Waals surface area contributed by atoms with E-state index in [2.05, 4.69) is 42.3 Å². The maximum absolute atomic E-state index is 12.7. The second kappa shape index (κ2) is 7.46. The fourth-order valence-electron chi connectivity index (χ4n) is 4.16. The van der Waals surface area contributed by atoms with Crippen molar-refractivity contribution in [1.29, 1.82) is 0 Å². The summed E-state index contributed by atoms with van der Waals surface area (Å²) in [6.45, 7) is 8.86. The summed E-state index contributed by atoms with van der Waals surface area (Å²) in [5.74, 6) is 0.117. The molecule has 3 N–H and O–H groups in total. The highest BCUT2D eigenvalue weighted by atomic mass is 16.2. The third kappa shape index (κ3) is 4.06. The van der Waals surface area contributed by atoms with Gasteiger partial charge in [-0.3, -0.25) is 9.69 Å². The molecule has 1 amide bonds. The molecule has 1 fully saturated rings. The van der Waals surface area contributed by atoms with E-state index >= 15 is 0 Å². The summed E-state index contributed by atoms with van der Waals surface area (Å²) in [7, 11) is 0. The lowest BCUT2D eigenvalue weighted by atomic mass is 9.89. The fraction of sp³-hybridized carbons (Fsp3) is 0.667. The maximum atomic E-state index is 12.7. The van der Waals surface area contributed by atoms with Crippen molar-refractivity contribution in [3.8, 4) is 0 Å². The standard InChI is InChI=1S/C21H33N3O/c1-15(18-9-8-17-6-4-5-7-19(17)12-18)23-20(25)16(2)24-11-10-21(3,13-22)14-24/h8-9,12,15-16H,4-7,10-11,13-14,22H2,1-3H3,(H,23,25). The Balaban J connectivity index is 1.60. The lowest BCUT2D eigenvalue weighted by Gasteiger charge is -2.28. The summed E-state index contributed by atoms with van der Waals surface area (Å²) in [5.41, 5.74) is 10.2. The molecule has 0 aromatic heterocycles. The fourth-order valence-corrected chi connectivity index (χ4v) is 4.16. The predicted molar refractivity (Wildman–Crippen MR) is 102 cm³/mol. The van der Waals surface area contributed by atoms with E-state index in [0.717, 1.165) is 19.5 Å². The zero-order chi connectivity index (χ0) is 18.0. The second-order valence-electron chi connectivity index (χ2n) is 8.38. The molecule has 4 nitrogen and oxygen atoms in total. The molecule has 1 saturated heterocycles. The first kappa shape index (κ1) is 18.4. The van der Waals surface area contributed by atoms with E-state index < -0.39 is 0 Å². The number of hydrogen-bond donors (Lipinski definition) is 2. The Hall–Kier alpha value is -1.39. The van der Waals surface area contributed by atoms with Crippen molar-refractivity contribution < 1.29 is 4.79 Å². The summed E-state index contributed by atoms with van der Waals surface area (Å²) in [6, 6.07) is 6.68. The van der Waals surface area contributed by atoms with Crippen LogP contribution in [0.4, 0.5) is 0 Å². The Labute approximate surface area is 152 Å². The van der Waals surface area contributed by atoms with Crippen molar-refractivity contribution in [2.45, 2.75) is 65.0 Å². The van der Waals surface area contributed by atoms with Gasteiger partial charge in [0.1, 0.15) is 0 Å². The highest BCUT2D eigenvalue weighted by molar-refractivity contribution is 5.81. The number of nitrogens with one attached hydrogen (secondary N) is 1. The molecule has 1 heterocycles. The van der Waals surface area contributed by atoms with E-state index in [9.17, 15) is 4.79 Å². The predicted octanol–water partition coefficient (Wildman–Crippen LogP) is 2.80. The quantitative estimate of drug-likeness (QED) is 0.864. The Morgan fingerprint density at radius 1 is 1.28 bits per heavy atom. The summed E-state index contributed by atoms with van der Waals surface area (Å²) >= 11 is 0. The summed E-state index contributed by atoms with van der Waals surface area (Å²) in [4.78, 5) is 15.0. The Kier molecular flexibility index (Phi) is 5.49. The second-order valence-corrected chi connectivity index (χ2v) is 8.38. The van der Waals surface area contributed by atoms with Gasteiger partial charge in [-0.1, -0.05) is 25.1 Å². The topological polar surface area (TPSA) is 58.4 Å². The van der Waals surface area contributed by atoms with Gasteiger partial charge in [0, 0.05) is 6.54 Å². The number of aryl methyl sites for hydroxylation is 2. The zero-order valence-electron chi connectivity index (χ0n) is 16.0. The number of benzene rings is 1. The monoisotopic (exact) mass is 343 g/mol. The minimum atomic E-state index is -0.103. The van der Waals surface area contributed by atoms with Gasteiger partial charge in [-0.05, 0) is 81.1 Å². The van der Waals surface area contributed by atoms with Crippen LogP contribution in [0.1, 0.15) is 62.8 Å². The summed E-state index contributed by atoms with van der Waals surface area (Å²) in [6.07, 6.45) is 6.02. The van der Waals surface area contributed by atoms with E-state index in [1.807, 2.05) is 6.92 Å². The Bertz CT molecular complexity index is 630. The lowest BCUT2D eigenvalue weighted by molar-refractivity contribution is -0.126. The Morgan fingerprint density at radius 3 is 2.68 bits per heavy atom. The van der Waals surface area contributed by atoms with Crippen LogP contribution in [-0.4, -0.2) is 36.5 Å². The number of carbonyl (C=O) groups excluding carboxylic acids is 1. The molecule has 25 heavy (non-hydrogen) atoms. The molecule has 3 unspecified atom stereocenters. The molecule has 1 aliphatic carbocycles. The molecule has 138 valence electrons. The average molecular weight is 344 g/mol. The van der Waals surface area contributed by atoms with Crippen LogP contribution >= 0.6 is 0 Å². The molecule has 3 atom stereocenters. The molecule has 0 saturated carbocycles. The molecule has 0 spiro atoms. The largest absolute Gasteiger partial charge is 0.348 e. The van der Waals surface area contributed by atoms with Crippen molar-refractivity contribution in [2.24, 2.45) is 11.1 Å². The van der Waals surface area contributed by atoms with Gasteiger partial charge in [0.25, 0.3) is 0 Å². The van der Waals surface area contributed by atoms with Crippen LogP contribution in [0.2, 0.25) is 0 Å². The SMILES string of the molecule is CC(NC(=O)C(C)N1CCC(C)(CN)C1)c1ccc2c(c1)CCCC2. The number of carbonyl (C=O) groups is 1. The van der Waals surface area contributed by atoms with E-state index in [-0.39, 0.29) is 23.4 Å². The molecular formula is C21H33N3O. The van der Waals surface area contributed by atoms with Crippen LogP contribution in [0.5, 0.6) is 0 Å². The lowest BCUT2D eigenvalue weighted by Crippen LogP contribution is -2.45. The zero-order valence-corrected chi connectivity index (χ0v) is 16.0. The molecule has 1 aromatic carbocycles. The summed E-state index contributed by atoms with van der Waals surface area (Å²) < 4.78 is 0. The third-order valence-electron chi connectivity index (χ3n) is 6.24. The number of rotatable bonds is 5. The maximum Gasteiger partial charge on any atom is 0.237 e. The molecular weight excluding hydrogens is 310 g/mol. The van der Waals surface area contributed by atoms with Crippen molar-refractivity contribution in [3.05, 3.63) is 34.9 Å².